The van der Waals surface area contributed by atoms with Crippen molar-refractivity contribution >= 4 is 11.9 Å². The van der Waals surface area contributed by atoms with Crippen LogP contribution >= 0.6 is 0 Å². The monoisotopic (exact) mass is 331 g/mol. The first-order chi connectivity index (χ1) is 11.5. The van der Waals surface area contributed by atoms with Crippen LogP contribution in [0.2, 0.25) is 0 Å². The smallest absolute Gasteiger partial charge is 0.328 e. The van der Waals surface area contributed by atoms with E-state index in [4.69, 9.17) is 4.74 Å². The van der Waals surface area contributed by atoms with Gasteiger partial charge >= 0.3 is 11.7 Å². The first-order valence-corrected chi connectivity index (χ1v) is 7.30. The number of ether oxygens (including phenoxy) is 1. The van der Waals surface area contributed by atoms with Crippen molar-refractivity contribution in [3.63, 3.8) is 0 Å². The van der Waals surface area contributed by atoms with Crippen molar-refractivity contribution in [1.29, 1.82) is 0 Å². The van der Waals surface area contributed by atoms with Crippen LogP contribution in [-0.4, -0.2) is 34.6 Å². The highest BCUT2D eigenvalue weighted by Crippen LogP contribution is 1.98. The van der Waals surface area contributed by atoms with Gasteiger partial charge in [-0.1, -0.05) is 30.3 Å². The van der Waals surface area contributed by atoms with E-state index in [-0.39, 0.29) is 6.54 Å². The largest absolute Gasteiger partial charge is 0.454 e. The molecule has 0 atom stereocenters. The minimum Gasteiger partial charge on any atom is -0.454 e. The average molecular weight is 331 g/mol. The lowest BCUT2D eigenvalue weighted by atomic mass is 10.1. The van der Waals surface area contributed by atoms with Gasteiger partial charge in [-0.05, 0) is 12.0 Å². The Bertz CT molecular complexity index is 810. The average Bonchev–Trinajstić information content (AvgIpc) is 2.56. The molecular weight excluding hydrogens is 314 g/mol. The molecule has 1 heterocycles. The van der Waals surface area contributed by atoms with Crippen molar-refractivity contribution in [2.45, 2.75) is 13.0 Å². The normalized spacial score (nSPS) is 10.2. The van der Waals surface area contributed by atoms with Gasteiger partial charge in [0.1, 0.15) is 6.54 Å². The van der Waals surface area contributed by atoms with Crippen LogP contribution in [0.5, 0.6) is 0 Å². The van der Waals surface area contributed by atoms with Gasteiger partial charge in [-0.25, -0.2) is 4.79 Å². The second kappa shape index (κ2) is 8.47. The van der Waals surface area contributed by atoms with Gasteiger partial charge in [-0.3, -0.25) is 23.9 Å². The number of benzene rings is 1. The number of H-pyrrole nitrogens is 1. The standard InChI is InChI=1S/C16H17N3O5/c20-13-7-9-19(16(23)18-13)10-15(22)24-11-14(21)17-8-6-12-4-2-1-3-5-12/h1-5,7,9H,6,8,10-11H2,(H,17,21)(H,18,20,23). The molecule has 2 aromatic rings. The van der Waals surface area contributed by atoms with Gasteiger partial charge in [0.05, 0.1) is 0 Å². The van der Waals surface area contributed by atoms with E-state index in [2.05, 4.69) is 5.32 Å². The Morgan fingerprint density at radius 1 is 1.12 bits per heavy atom. The van der Waals surface area contributed by atoms with Crippen LogP contribution < -0.4 is 16.6 Å². The predicted molar refractivity (Wildman–Crippen MR) is 85.4 cm³/mol. The van der Waals surface area contributed by atoms with Crippen molar-refractivity contribution < 1.29 is 14.3 Å². The van der Waals surface area contributed by atoms with E-state index < -0.39 is 29.7 Å². The van der Waals surface area contributed by atoms with Gasteiger partial charge < -0.3 is 10.1 Å². The number of hydrogen-bond donors (Lipinski definition) is 2. The molecule has 126 valence electrons. The predicted octanol–water partition coefficient (Wildman–Crippen LogP) is -0.561. The van der Waals surface area contributed by atoms with E-state index in [9.17, 15) is 19.2 Å². The number of aromatic nitrogens is 2. The number of nitrogens with zero attached hydrogens (tertiary/aromatic N) is 1. The van der Waals surface area contributed by atoms with Gasteiger partial charge in [-0.2, -0.15) is 0 Å². The van der Waals surface area contributed by atoms with Crippen LogP contribution in [0.1, 0.15) is 5.56 Å². The van der Waals surface area contributed by atoms with Gasteiger partial charge in [0.15, 0.2) is 6.61 Å². The Hall–Kier alpha value is -3.16. The molecule has 1 aromatic carbocycles. The molecule has 1 amide bonds. The zero-order chi connectivity index (χ0) is 17.4. The van der Waals surface area contributed by atoms with Crippen LogP contribution in [0.3, 0.4) is 0 Å². The summed E-state index contributed by atoms with van der Waals surface area (Å²) >= 11 is 0. The molecule has 2 N–H and O–H groups in total. The Morgan fingerprint density at radius 3 is 2.58 bits per heavy atom. The fraction of sp³-hybridized carbons (Fsp3) is 0.250. The summed E-state index contributed by atoms with van der Waals surface area (Å²) < 4.78 is 5.78. The van der Waals surface area contributed by atoms with Crippen LogP contribution in [0.25, 0.3) is 0 Å². The van der Waals surface area contributed by atoms with Crippen LogP contribution in [-0.2, 0) is 27.3 Å². The minimum atomic E-state index is -0.748. The van der Waals surface area contributed by atoms with Gasteiger partial charge in [0.25, 0.3) is 11.5 Å². The summed E-state index contributed by atoms with van der Waals surface area (Å²) in [5, 5.41) is 2.64. The lowest BCUT2D eigenvalue weighted by molar-refractivity contribution is -0.149. The molecule has 0 saturated carbocycles. The van der Waals surface area contributed by atoms with E-state index in [0.29, 0.717) is 13.0 Å². The molecule has 8 nitrogen and oxygen atoms in total. The van der Waals surface area contributed by atoms with Crippen LogP contribution in [0.4, 0.5) is 0 Å². The summed E-state index contributed by atoms with van der Waals surface area (Å²) in [5.74, 6) is -1.17. The van der Waals surface area contributed by atoms with E-state index in [1.54, 1.807) is 0 Å². The maximum atomic E-state index is 11.6. The lowest BCUT2D eigenvalue weighted by Gasteiger charge is -2.07. The van der Waals surface area contributed by atoms with Crippen molar-refractivity contribution in [2.75, 3.05) is 13.2 Å². The van der Waals surface area contributed by atoms with Gasteiger partial charge in [-0.15, -0.1) is 0 Å². The highest BCUT2D eigenvalue weighted by molar-refractivity contribution is 5.80. The second-order valence-electron chi connectivity index (χ2n) is 4.98. The molecule has 0 aliphatic carbocycles. The number of nitrogens with one attached hydrogen (secondary N) is 2. The molecule has 0 fully saturated rings. The molecule has 0 bridgehead atoms. The summed E-state index contributed by atoms with van der Waals surface area (Å²) in [4.78, 5) is 47.5. The van der Waals surface area contributed by atoms with Crippen molar-refractivity contribution in [3.8, 4) is 0 Å². The third-order valence-corrected chi connectivity index (χ3v) is 3.14. The third-order valence-electron chi connectivity index (χ3n) is 3.14. The number of aromatic amines is 1. The summed E-state index contributed by atoms with van der Waals surface area (Å²) in [6.45, 7) is -0.377. The maximum absolute atomic E-state index is 11.6. The molecule has 0 aliphatic heterocycles. The van der Waals surface area contributed by atoms with Crippen LogP contribution in [0, 0.1) is 0 Å². The first kappa shape index (κ1) is 17.2. The third kappa shape index (κ3) is 5.56. The summed E-state index contributed by atoms with van der Waals surface area (Å²) in [6.07, 6.45) is 1.86. The minimum absolute atomic E-state index is 0.382. The quantitative estimate of drug-likeness (QED) is 0.661. The number of carbonyl (C=O) groups excluding carboxylic acids is 2. The van der Waals surface area contributed by atoms with Crippen molar-refractivity contribution in [3.05, 3.63) is 69.0 Å². The molecule has 0 unspecified atom stereocenters. The number of esters is 1. The fourth-order valence-electron chi connectivity index (χ4n) is 1.94. The summed E-state index contributed by atoms with van der Waals surface area (Å²) in [6, 6.07) is 10.8. The molecule has 0 aliphatic rings. The van der Waals surface area contributed by atoms with E-state index in [1.807, 2.05) is 35.3 Å². The number of amides is 1. The first-order valence-electron chi connectivity index (χ1n) is 7.30. The summed E-state index contributed by atoms with van der Waals surface area (Å²) in [5.41, 5.74) is -0.179. The number of carbonyl (C=O) groups is 2. The Balaban J connectivity index is 1.70. The fourth-order valence-corrected chi connectivity index (χ4v) is 1.94. The maximum Gasteiger partial charge on any atom is 0.328 e. The van der Waals surface area contributed by atoms with E-state index >= 15 is 0 Å². The Kier molecular flexibility index (Phi) is 6.07. The van der Waals surface area contributed by atoms with Crippen molar-refractivity contribution in [1.82, 2.24) is 14.9 Å². The van der Waals surface area contributed by atoms with E-state index in [1.165, 1.54) is 6.20 Å². The molecule has 1 aromatic heterocycles. The van der Waals surface area contributed by atoms with Crippen LogP contribution in [0.15, 0.2) is 52.2 Å². The lowest BCUT2D eigenvalue weighted by Crippen LogP contribution is -2.34. The topological polar surface area (TPSA) is 110 Å². The zero-order valence-corrected chi connectivity index (χ0v) is 12.9. The molecule has 0 saturated heterocycles. The zero-order valence-electron chi connectivity index (χ0n) is 12.9. The van der Waals surface area contributed by atoms with Gasteiger partial charge in [0, 0.05) is 18.8 Å². The Labute approximate surface area is 137 Å². The Morgan fingerprint density at radius 2 is 1.88 bits per heavy atom. The SMILES string of the molecule is O=C(COC(=O)Cn1ccc(=O)[nH]c1=O)NCCc1ccccc1. The molecule has 8 heteroatoms. The second-order valence-corrected chi connectivity index (χ2v) is 4.98. The molecular formula is C16H17N3O5. The molecule has 2 rings (SSSR count). The number of hydrogen-bond acceptors (Lipinski definition) is 5. The van der Waals surface area contributed by atoms with E-state index in [0.717, 1.165) is 16.2 Å². The summed E-state index contributed by atoms with van der Waals surface area (Å²) in [7, 11) is 0. The van der Waals surface area contributed by atoms with Crippen molar-refractivity contribution in [2.24, 2.45) is 0 Å². The highest BCUT2D eigenvalue weighted by Gasteiger charge is 2.09. The highest BCUT2D eigenvalue weighted by atomic mass is 16.5. The molecule has 24 heavy (non-hydrogen) atoms. The number of rotatable bonds is 7. The van der Waals surface area contributed by atoms with Gasteiger partial charge in [0.2, 0.25) is 0 Å². The molecule has 0 spiro atoms. The molecule has 0 radical (unpaired) electrons.